The number of nitrogens with one attached hydrogen (secondary N) is 1. The molecule has 1 heterocycles. The van der Waals surface area contributed by atoms with Gasteiger partial charge in [0.2, 0.25) is 0 Å². The van der Waals surface area contributed by atoms with Gasteiger partial charge in [0.15, 0.2) is 0 Å². The summed E-state index contributed by atoms with van der Waals surface area (Å²) >= 11 is 3.50. The number of hydrogen-bond acceptors (Lipinski definition) is 3. The lowest BCUT2D eigenvalue weighted by Crippen LogP contribution is -3.13. The Morgan fingerprint density at radius 1 is 1.16 bits per heavy atom. The lowest BCUT2D eigenvalue weighted by Gasteiger charge is -2.30. The predicted octanol–water partition coefficient (Wildman–Crippen LogP) is 2.50. The molecule has 4 nitrogen and oxygen atoms in total. The highest BCUT2D eigenvalue weighted by Gasteiger charge is 2.18. The van der Waals surface area contributed by atoms with Crippen molar-refractivity contribution in [3.63, 3.8) is 0 Å². The van der Waals surface area contributed by atoms with Gasteiger partial charge < -0.3 is 9.64 Å². The van der Waals surface area contributed by atoms with Gasteiger partial charge in [-0.3, -0.25) is 5.01 Å². The average molecular weight is 403 g/mol. The van der Waals surface area contributed by atoms with Crippen molar-refractivity contribution in [2.75, 3.05) is 33.3 Å². The maximum absolute atomic E-state index is 5.40. The van der Waals surface area contributed by atoms with Crippen LogP contribution in [0.5, 0.6) is 5.75 Å². The minimum atomic E-state index is 0.843. The van der Waals surface area contributed by atoms with Gasteiger partial charge in [0.05, 0.1) is 39.5 Å². The molecule has 1 N–H and O–H groups in total. The van der Waals surface area contributed by atoms with E-state index in [1.807, 2.05) is 24.4 Å². The summed E-state index contributed by atoms with van der Waals surface area (Å²) in [6, 6.07) is 14.8. The van der Waals surface area contributed by atoms with Crippen LogP contribution >= 0.6 is 15.9 Å². The summed E-state index contributed by atoms with van der Waals surface area (Å²) in [6.45, 7) is 7.41. The van der Waals surface area contributed by atoms with E-state index in [2.05, 4.69) is 57.2 Å². The van der Waals surface area contributed by atoms with Crippen LogP contribution < -0.4 is 9.64 Å². The Morgan fingerprint density at radius 3 is 2.56 bits per heavy atom. The number of hydrogen-bond donors (Lipinski definition) is 1. The fourth-order valence-electron chi connectivity index (χ4n) is 3.05. The first kappa shape index (κ1) is 18.0. The van der Waals surface area contributed by atoms with E-state index < -0.39 is 0 Å². The number of methoxy groups -OCH3 is 1. The molecule has 5 heteroatoms. The van der Waals surface area contributed by atoms with Crippen LogP contribution in [0, 0.1) is 6.92 Å². The third kappa shape index (κ3) is 5.06. The van der Waals surface area contributed by atoms with Crippen LogP contribution in [0.15, 0.2) is 52.0 Å². The first-order valence-corrected chi connectivity index (χ1v) is 9.45. The first-order valence-electron chi connectivity index (χ1n) is 8.65. The minimum Gasteiger partial charge on any atom is -0.496 e. The van der Waals surface area contributed by atoms with Gasteiger partial charge in [-0.05, 0) is 25.1 Å². The van der Waals surface area contributed by atoms with Crippen LogP contribution in [0.1, 0.15) is 16.7 Å². The second kappa shape index (κ2) is 8.50. The van der Waals surface area contributed by atoms with Gasteiger partial charge >= 0.3 is 0 Å². The molecule has 3 rings (SSSR count). The van der Waals surface area contributed by atoms with Gasteiger partial charge in [-0.25, -0.2) is 0 Å². The molecule has 132 valence electrons. The zero-order valence-corrected chi connectivity index (χ0v) is 16.4. The maximum atomic E-state index is 5.40. The molecule has 0 saturated carbocycles. The van der Waals surface area contributed by atoms with E-state index in [1.54, 1.807) is 12.0 Å². The Hall–Kier alpha value is -1.85. The van der Waals surface area contributed by atoms with Gasteiger partial charge in [0, 0.05) is 15.6 Å². The number of halogens is 1. The lowest BCUT2D eigenvalue weighted by molar-refractivity contribution is -0.918. The molecule has 2 aromatic rings. The number of piperazine rings is 1. The fourth-order valence-corrected chi connectivity index (χ4v) is 3.43. The summed E-state index contributed by atoms with van der Waals surface area (Å²) in [5.74, 6) is 0.843. The van der Waals surface area contributed by atoms with Crippen LogP contribution in [0.25, 0.3) is 0 Å². The summed E-state index contributed by atoms with van der Waals surface area (Å²) in [4.78, 5) is 1.62. The summed E-state index contributed by atoms with van der Waals surface area (Å²) in [5, 5.41) is 6.80. The Bertz CT molecular complexity index is 722. The Kier molecular flexibility index (Phi) is 6.10. The molecule has 2 aromatic carbocycles. The summed E-state index contributed by atoms with van der Waals surface area (Å²) < 4.78 is 6.43. The number of rotatable bonds is 5. The van der Waals surface area contributed by atoms with Crippen molar-refractivity contribution in [3.05, 3.63) is 63.6 Å². The summed E-state index contributed by atoms with van der Waals surface area (Å²) in [7, 11) is 1.69. The van der Waals surface area contributed by atoms with Gasteiger partial charge in [-0.1, -0.05) is 45.8 Å². The molecule has 1 saturated heterocycles. The molecule has 1 aliphatic rings. The Labute approximate surface area is 158 Å². The van der Waals surface area contributed by atoms with Crippen molar-refractivity contribution >= 4 is 22.1 Å². The second-order valence-electron chi connectivity index (χ2n) is 6.50. The third-order valence-electron chi connectivity index (χ3n) is 4.57. The molecule has 0 aliphatic carbocycles. The van der Waals surface area contributed by atoms with E-state index in [9.17, 15) is 0 Å². The van der Waals surface area contributed by atoms with Crippen LogP contribution in [-0.2, 0) is 6.54 Å². The van der Waals surface area contributed by atoms with Crippen LogP contribution in [0.3, 0.4) is 0 Å². The molecule has 0 spiro atoms. The molecule has 0 bridgehead atoms. The standard InChI is InChI=1S/C20H24BrN3O/c1-16-3-5-17(6-4-16)15-23-9-11-24(12-10-23)22-14-18-13-19(21)7-8-20(18)25-2/h3-8,13-14H,9-12,15H2,1-2H3/p+1/b22-14+. The highest BCUT2D eigenvalue weighted by Crippen LogP contribution is 2.21. The summed E-state index contributed by atoms with van der Waals surface area (Å²) in [5.41, 5.74) is 3.73. The molecule has 25 heavy (non-hydrogen) atoms. The highest BCUT2D eigenvalue weighted by molar-refractivity contribution is 9.10. The van der Waals surface area contributed by atoms with Crippen molar-refractivity contribution in [2.45, 2.75) is 13.5 Å². The second-order valence-corrected chi connectivity index (χ2v) is 7.41. The van der Waals surface area contributed by atoms with Gasteiger partial charge in [-0.2, -0.15) is 5.10 Å². The molecule has 1 aliphatic heterocycles. The van der Waals surface area contributed by atoms with E-state index in [0.717, 1.165) is 48.5 Å². The van der Waals surface area contributed by atoms with Gasteiger partial charge in [-0.15, -0.1) is 0 Å². The Morgan fingerprint density at radius 2 is 1.88 bits per heavy atom. The lowest BCUT2D eigenvalue weighted by atomic mass is 10.1. The number of benzene rings is 2. The number of aryl methyl sites for hydroxylation is 1. The highest BCUT2D eigenvalue weighted by atomic mass is 79.9. The zero-order valence-electron chi connectivity index (χ0n) is 14.8. The normalized spacial score (nSPS) is 15.7. The van der Waals surface area contributed by atoms with E-state index in [0.29, 0.717) is 0 Å². The van der Waals surface area contributed by atoms with E-state index in [4.69, 9.17) is 4.74 Å². The van der Waals surface area contributed by atoms with Gasteiger partial charge in [0.25, 0.3) is 0 Å². The molecule has 0 atom stereocenters. The van der Waals surface area contributed by atoms with Crippen LogP contribution in [0.2, 0.25) is 0 Å². The quantitative estimate of drug-likeness (QED) is 0.778. The van der Waals surface area contributed by atoms with Crippen molar-refractivity contribution in [3.8, 4) is 5.75 Å². The van der Waals surface area contributed by atoms with E-state index >= 15 is 0 Å². The molecular weight excluding hydrogens is 378 g/mol. The largest absolute Gasteiger partial charge is 0.496 e. The maximum Gasteiger partial charge on any atom is 0.127 e. The SMILES string of the molecule is COc1ccc(Br)cc1/C=N/N1CC[NH+](Cc2ccc(C)cc2)CC1. The van der Waals surface area contributed by atoms with Gasteiger partial charge in [0.1, 0.15) is 12.3 Å². The fraction of sp³-hybridized carbons (Fsp3) is 0.350. The Balaban J connectivity index is 1.54. The number of quaternary nitrogens is 1. The number of nitrogens with zero attached hydrogens (tertiary/aromatic N) is 2. The first-order chi connectivity index (χ1) is 12.1. The van der Waals surface area contributed by atoms with Crippen molar-refractivity contribution in [2.24, 2.45) is 5.10 Å². The van der Waals surface area contributed by atoms with E-state index in [1.165, 1.54) is 11.1 Å². The topological polar surface area (TPSA) is 29.3 Å². The smallest absolute Gasteiger partial charge is 0.127 e. The third-order valence-corrected chi connectivity index (χ3v) is 5.07. The molecule has 0 unspecified atom stereocenters. The molecule has 1 fully saturated rings. The molecule has 0 radical (unpaired) electrons. The summed E-state index contributed by atoms with van der Waals surface area (Å²) in [6.07, 6.45) is 1.90. The molecule has 0 amide bonds. The number of ether oxygens (including phenoxy) is 1. The van der Waals surface area contributed by atoms with Crippen LogP contribution in [-0.4, -0.2) is 44.5 Å². The average Bonchev–Trinajstić information content (AvgIpc) is 2.63. The van der Waals surface area contributed by atoms with Crippen molar-refractivity contribution < 1.29 is 9.64 Å². The van der Waals surface area contributed by atoms with Crippen LogP contribution in [0.4, 0.5) is 0 Å². The minimum absolute atomic E-state index is 0.843. The van der Waals surface area contributed by atoms with Crippen molar-refractivity contribution in [1.29, 1.82) is 0 Å². The predicted molar refractivity (Wildman–Crippen MR) is 105 cm³/mol. The molecule has 0 aromatic heterocycles. The number of hydrazone groups is 1. The van der Waals surface area contributed by atoms with Crippen molar-refractivity contribution in [1.82, 2.24) is 5.01 Å². The zero-order chi connectivity index (χ0) is 17.6. The van der Waals surface area contributed by atoms with E-state index in [-0.39, 0.29) is 0 Å². The monoisotopic (exact) mass is 402 g/mol. The molecular formula is C20H25BrN3O+.